The van der Waals surface area contributed by atoms with Gasteiger partial charge in [0.15, 0.2) is 0 Å². The molecule has 0 heterocycles. The van der Waals surface area contributed by atoms with Gasteiger partial charge in [-0.2, -0.15) is 0 Å². The Morgan fingerprint density at radius 2 is 1.68 bits per heavy atom. The molecule has 2 rings (SSSR count). The molecule has 4 nitrogen and oxygen atoms in total. The van der Waals surface area contributed by atoms with Crippen molar-refractivity contribution >= 4 is 23.4 Å². The molecule has 1 N–H and O–H groups in total. The summed E-state index contributed by atoms with van der Waals surface area (Å²) in [6.07, 6.45) is 1.61. The highest BCUT2D eigenvalue weighted by molar-refractivity contribution is 6.30. The number of hydrogen-bond donors (Lipinski definition) is 1. The molecule has 0 aromatic heterocycles. The van der Waals surface area contributed by atoms with E-state index in [-0.39, 0.29) is 24.3 Å². The Hall–Kier alpha value is -2.33. The number of hydrogen-bond acceptors (Lipinski definition) is 2. The van der Waals surface area contributed by atoms with Crippen LogP contribution in [0, 0.1) is 0 Å². The molecule has 2 amide bonds. The fourth-order valence-electron chi connectivity index (χ4n) is 3.06. The Kier molecular flexibility index (Phi) is 8.52. The number of rotatable bonds is 9. The standard InChI is InChI=1S/C23H29ClN2O2/c1-4-17(3)25-23(28)21(5-2)26(16-18-10-7-6-8-11-18)22(27)15-19-12-9-13-20(24)14-19/h6-14,17,21H,4-5,15-16H2,1-3H3,(H,25,28)/t17-,21-/m0/s1. The molecule has 150 valence electrons. The largest absolute Gasteiger partial charge is 0.352 e. The molecule has 0 unspecified atom stereocenters. The Labute approximate surface area is 172 Å². The van der Waals surface area contributed by atoms with Crippen LogP contribution >= 0.6 is 11.6 Å². The van der Waals surface area contributed by atoms with E-state index in [9.17, 15) is 9.59 Å². The van der Waals surface area contributed by atoms with Crippen molar-refractivity contribution in [3.8, 4) is 0 Å². The molecular formula is C23H29ClN2O2. The normalized spacial score (nSPS) is 12.9. The van der Waals surface area contributed by atoms with Gasteiger partial charge in [0.05, 0.1) is 6.42 Å². The summed E-state index contributed by atoms with van der Waals surface area (Å²) in [6.45, 7) is 6.33. The molecule has 2 atom stereocenters. The fourth-order valence-corrected chi connectivity index (χ4v) is 3.28. The van der Waals surface area contributed by atoms with Gasteiger partial charge in [-0.05, 0) is 43.0 Å². The van der Waals surface area contributed by atoms with Crippen LogP contribution in [0.2, 0.25) is 5.02 Å². The van der Waals surface area contributed by atoms with Crippen molar-refractivity contribution in [2.75, 3.05) is 0 Å². The van der Waals surface area contributed by atoms with Crippen LogP contribution < -0.4 is 5.32 Å². The van der Waals surface area contributed by atoms with E-state index in [4.69, 9.17) is 11.6 Å². The smallest absolute Gasteiger partial charge is 0.243 e. The molecule has 2 aromatic rings. The summed E-state index contributed by atoms with van der Waals surface area (Å²) in [6, 6.07) is 16.6. The van der Waals surface area contributed by atoms with Crippen molar-refractivity contribution in [3.05, 3.63) is 70.7 Å². The second kappa shape index (κ2) is 10.9. The van der Waals surface area contributed by atoms with Gasteiger partial charge in [0.25, 0.3) is 0 Å². The number of nitrogens with zero attached hydrogens (tertiary/aromatic N) is 1. The summed E-state index contributed by atoms with van der Waals surface area (Å²) < 4.78 is 0. The Morgan fingerprint density at radius 3 is 2.29 bits per heavy atom. The molecule has 0 aliphatic carbocycles. The summed E-state index contributed by atoms with van der Waals surface area (Å²) >= 11 is 6.06. The number of amides is 2. The molecule has 5 heteroatoms. The molecule has 2 aromatic carbocycles. The third-order valence-electron chi connectivity index (χ3n) is 4.83. The lowest BCUT2D eigenvalue weighted by Crippen LogP contribution is -2.51. The van der Waals surface area contributed by atoms with Crippen molar-refractivity contribution in [1.29, 1.82) is 0 Å². The molecule has 0 aliphatic rings. The maximum Gasteiger partial charge on any atom is 0.243 e. The third-order valence-corrected chi connectivity index (χ3v) is 5.06. The van der Waals surface area contributed by atoms with Gasteiger partial charge in [0.2, 0.25) is 11.8 Å². The molecule has 0 fully saturated rings. The summed E-state index contributed by atoms with van der Waals surface area (Å²) in [7, 11) is 0. The van der Waals surface area contributed by atoms with E-state index in [0.717, 1.165) is 17.5 Å². The highest BCUT2D eigenvalue weighted by atomic mass is 35.5. The van der Waals surface area contributed by atoms with Crippen LogP contribution in [0.5, 0.6) is 0 Å². The summed E-state index contributed by atoms with van der Waals surface area (Å²) in [4.78, 5) is 27.7. The van der Waals surface area contributed by atoms with Crippen LogP contribution in [-0.4, -0.2) is 28.8 Å². The van der Waals surface area contributed by atoms with Gasteiger partial charge < -0.3 is 10.2 Å². The molecule has 0 spiro atoms. The number of nitrogens with one attached hydrogen (secondary N) is 1. The lowest BCUT2D eigenvalue weighted by atomic mass is 10.1. The zero-order chi connectivity index (χ0) is 20.5. The van der Waals surface area contributed by atoms with E-state index in [1.807, 2.05) is 63.2 Å². The SMILES string of the molecule is CC[C@H](C)NC(=O)[C@H](CC)N(Cc1ccccc1)C(=O)Cc1cccc(Cl)c1. The average molecular weight is 401 g/mol. The topological polar surface area (TPSA) is 49.4 Å². The second-order valence-electron chi connectivity index (χ2n) is 7.06. The van der Waals surface area contributed by atoms with Gasteiger partial charge in [-0.1, -0.05) is 67.9 Å². The van der Waals surface area contributed by atoms with E-state index < -0.39 is 6.04 Å². The van der Waals surface area contributed by atoms with Crippen molar-refractivity contribution in [1.82, 2.24) is 10.2 Å². The molecule has 0 saturated heterocycles. The monoisotopic (exact) mass is 400 g/mol. The number of carbonyl (C=O) groups is 2. The zero-order valence-corrected chi connectivity index (χ0v) is 17.6. The quantitative estimate of drug-likeness (QED) is 0.668. The van der Waals surface area contributed by atoms with E-state index in [1.54, 1.807) is 17.0 Å². The Bertz CT molecular complexity index is 779. The van der Waals surface area contributed by atoms with Crippen molar-refractivity contribution in [2.45, 2.75) is 58.7 Å². The summed E-state index contributed by atoms with van der Waals surface area (Å²) in [5.74, 6) is -0.190. The lowest BCUT2D eigenvalue weighted by Gasteiger charge is -2.31. The van der Waals surface area contributed by atoms with Crippen molar-refractivity contribution < 1.29 is 9.59 Å². The first-order valence-corrected chi connectivity index (χ1v) is 10.2. The predicted molar refractivity (Wildman–Crippen MR) is 114 cm³/mol. The van der Waals surface area contributed by atoms with Gasteiger partial charge >= 0.3 is 0 Å². The van der Waals surface area contributed by atoms with Gasteiger partial charge in [-0.25, -0.2) is 0 Å². The maximum atomic E-state index is 13.2. The van der Waals surface area contributed by atoms with E-state index in [2.05, 4.69) is 5.32 Å². The van der Waals surface area contributed by atoms with Crippen LogP contribution in [0.4, 0.5) is 0 Å². The van der Waals surface area contributed by atoms with E-state index in [0.29, 0.717) is 18.0 Å². The zero-order valence-electron chi connectivity index (χ0n) is 16.8. The molecular weight excluding hydrogens is 372 g/mol. The number of carbonyl (C=O) groups excluding carboxylic acids is 2. The molecule has 28 heavy (non-hydrogen) atoms. The Balaban J connectivity index is 2.26. The van der Waals surface area contributed by atoms with E-state index >= 15 is 0 Å². The molecule has 0 bridgehead atoms. The second-order valence-corrected chi connectivity index (χ2v) is 7.49. The van der Waals surface area contributed by atoms with Gasteiger partial charge in [-0.15, -0.1) is 0 Å². The van der Waals surface area contributed by atoms with Crippen LogP contribution in [0.1, 0.15) is 44.7 Å². The first-order valence-electron chi connectivity index (χ1n) is 9.82. The lowest BCUT2D eigenvalue weighted by molar-refractivity contribution is -0.141. The van der Waals surface area contributed by atoms with Crippen LogP contribution in [0.3, 0.4) is 0 Å². The summed E-state index contributed by atoms with van der Waals surface area (Å²) in [5, 5.41) is 3.62. The maximum absolute atomic E-state index is 13.2. The molecule has 0 aliphatic heterocycles. The first-order chi connectivity index (χ1) is 13.4. The number of benzene rings is 2. The summed E-state index contributed by atoms with van der Waals surface area (Å²) in [5.41, 5.74) is 1.84. The minimum absolute atomic E-state index is 0.0724. The van der Waals surface area contributed by atoms with Gasteiger partial charge in [-0.3, -0.25) is 9.59 Å². The minimum Gasteiger partial charge on any atom is -0.352 e. The van der Waals surface area contributed by atoms with Crippen molar-refractivity contribution in [3.63, 3.8) is 0 Å². The van der Waals surface area contributed by atoms with Crippen LogP contribution in [0.25, 0.3) is 0 Å². The van der Waals surface area contributed by atoms with Crippen molar-refractivity contribution in [2.24, 2.45) is 0 Å². The van der Waals surface area contributed by atoms with Gasteiger partial charge in [0.1, 0.15) is 6.04 Å². The fraction of sp³-hybridized carbons (Fsp3) is 0.391. The van der Waals surface area contributed by atoms with Gasteiger partial charge in [0, 0.05) is 17.6 Å². The Morgan fingerprint density at radius 1 is 1.00 bits per heavy atom. The minimum atomic E-state index is -0.513. The van der Waals surface area contributed by atoms with E-state index in [1.165, 1.54) is 0 Å². The van der Waals surface area contributed by atoms with Crippen LogP contribution in [-0.2, 0) is 22.6 Å². The third kappa shape index (κ3) is 6.38. The first kappa shape index (κ1) is 22.0. The average Bonchev–Trinajstić information content (AvgIpc) is 2.68. The predicted octanol–water partition coefficient (Wildman–Crippen LogP) is 4.60. The van der Waals surface area contributed by atoms with Crippen LogP contribution in [0.15, 0.2) is 54.6 Å². The highest BCUT2D eigenvalue weighted by Gasteiger charge is 2.29. The molecule has 0 radical (unpaired) electrons. The molecule has 0 saturated carbocycles. The number of halogens is 1. The highest BCUT2D eigenvalue weighted by Crippen LogP contribution is 2.17.